The summed E-state index contributed by atoms with van der Waals surface area (Å²) in [5.74, 6) is -0.618. The Morgan fingerprint density at radius 1 is 1.03 bits per heavy atom. The molecular weight excluding hydrogens is 447 g/mol. The maximum atomic E-state index is 14.2. The van der Waals surface area contributed by atoms with Gasteiger partial charge < -0.3 is 14.5 Å². The molecule has 9 heteroatoms. The van der Waals surface area contributed by atoms with E-state index in [0.717, 1.165) is 6.26 Å². The second-order valence-electron chi connectivity index (χ2n) is 8.63. The topological polar surface area (TPSA) is 84.0 Å². The standard InChI is InChI=1S/C24H29FN2O5S/c1-16(2)15-32-23-8-6-19(33(4,30)31)14-21(23)24(29)27-11-9-26(10-12-27)18-5-7-20(17(3)28)22(25)13-18/h5-8,13-14,16H,9-12,15H2,1-4H3. The molecule has 2 aromatic carbocycles. The van der Waals surface area contributed by atoms with Gasteiger partial charge in [-0.15, -0.1) is 0 Å². The molecule has 0 N–H and O–H groups in total. The lowest BCUT2D eigenvalue weighted by atomic mass is 10.1. The van der Waals surface area contributed by atoms with E-state index in [1.807, 2.05) is 18.7 Å². The summed E-state index contributed by atoms with van der Waals surface area (Å²) < 4.78 is 44.1. The SMILES string of the molecule is CC(=O)c1ccc(N2CCN(C(=O)c3cc(S(C)(=O)=O)ccc3OCC(C)C)CC2)cc1F. The lowest BCUT2D eigenvalue weighted by Crippen LogP contribution is -2.49. The molecule has 0 aliphatic carbocycles. The first-order valence-electron chi connectivity index (χ1n) is 10.8. The predicted octanol–water partition coefficient (Wildman–Crippen LogP) is 3.43. The van der Waals surface area contributed by atoms with Crippen molar-refractivity contribution in [2.45, 2.75) is 25.7 Å². The van der Waals surface area contributed by atoms with Gasteiger partial charge in [0.25, 0.3) is 5.91 Å². The van der Waals surface area contributed by atoms with Gasteiger partial charge in [0.1, 0.15) is 11.6 Å². The van der Waals surface area contributed by atoms with Crippen LogP contribution in [0.4, 0.5) is 10.1 Å². The average molecular weight is 477 g/mol. The van der Waals surface area contributed by atoms with Gasteiger partial charge in [-0.25, -0.2) is 12.8 Å². The molecular formula is C24H29FN2O5S. The van der Waals surface area contributed by atoms with Gasteiger partial charge in [0.05, 0.1) is 22.6 Å². The zero-order chi connectivity index (χ0) is 24.3. The van der Waals surface area contributed by atoms with Gasteiger partial charge in [0.2, 0.25) is 0 Å². The lowest BCUT2D eigenvalue weighted by molar-refractivity contribution is 0.0741. The van der Waals surface area contributed by atoms with Crippen molar-refractivity contribution >= 4 is 27.2 Å². The van der Waals surface area contributed by atoms with Crippen molar-refractivity contribution in [2.24, 2.45) is 5.92 Å². The number of anilines is 1. The Morgan fingerprint density at radius 2 is 1.70 bits per heavy atom. The van der Waals surface area contributed by atoms with E-state index in [1.54, 1.807) is 11.0 Å². The minimum absolute atomic E-state index is 0.0484. The van der Waals surface area contributed by atoms with Crippen LogP contribution in [0.3, 0.4) is 0 Å². The van der Waals surface area contributed by atoms with Gasteiger partial charge in [-0.3, -0.25) is 9.59 Å². The van der Waals surface area contributed by atoms with Gasteiger partial charge in [-0.1, -0.05) is 13.8 Å². The number of ketones is 1. The van der Waals surface area contributed by atoms with Crippen LogP contribution in [0, 0.1) is 11.7 Å². The molecule has 0 bridgehead atoms. The van der Waals surface area contributed by atoms with Crippen molar-refractivity contribution in [3.8, 4) is 5.75 Å². The molecule has 0 atom stereocenters. The van der Waals surface area contributed by atoms with E-state index >= 15 is 0 Å². The highest BCUT2D eigenvalue weighted by Crippen LogP contribution is 2.26. The van der Waals surface area contributed by atoms with E-state index in [9.17, 15) is 22.4 Å². The predicted molar refractivity (Wildman–Crippen MR) is 124 cm³/mol. The second-order valence-corrected chi connectivity index (χ2v) is 10.7. The third-order valence-corrected chi connectivity index (χ3v) is 6.56. The minimum atomic E-state index is -3.49. The number of carbonyl (C=O) groups is 2. The monoisotopic (exact) mass is 476 g/mol. The number of amides is 1. The zero-order valence-electron chi connectivity index (χ0n) is 19.3. The number of piperazine rings is 1. The molecule has 1 amide bonds. The molecule has 1 aliphatic rings. The fraction of sp³-hybridized carbons (Fsp3) is 0.417. The molecule has 33 heavy (non-hydrogen) atoms. The van der Waals surface area contributed by atoms with Crippen LogP contribution < -0.4 is 9.64 Å². The van der Waals surface area contributed by atoms with Crippen LogP contribution in [0.1, 0.15) is 41.5 Å². The minimum Gasteiger partial charge on any atom is -0.492 e. The quantitative estimate of drug-likeness (QED) is 0.570. The Balaban J connectivity index is 1.78. The van der Waals surface area contributed by atoms with E-state index < -0.39 is 15.7 Å². The van der Waals surface area contributed by atoms with Crippen LogP contribution >= 0.6 is 0 Å². The first-order valence-corrected chi connectivity index (χ1v) is 12.7. The summed E-state index contributed by atoms with van der Waals surface area (Å²) in [5, 5.41) is 0. The number of benzene rings is 2. The normalized spacial score (nSPS) is 14.5. The van der Waals surface area contributed by atoms with Crippen LogP contribution in [-0.2, 0) is 9.84 Å². The third kappa shape index (κ3) is 5.90. The number of hydrogen-bond acceptors (Lipinski definition) is 6. The molecule has 0 radical (unpaired) electrons. The largest absolute Gasteiger partial charge is 0.492 e. The van der Waals surface area contributed by atoms with Crippen LogP contribution in [-0.4, -0.2) is 64.0 Å². The highest BCUT2D eigenvalue weighted by molar-refractivity contribution is 7.90. The number of sulfone groups is 1. The van der Waals surface area contributed by atoms with E-state index in [-0.39, 0.29) is 33.6 Å². The highest BCUT2D eigenvalue weighted by Gasteiger charge is 2.26. The van der Waals surface area contributed by atoms with Crippen molar-refractivity contribution in [3.05, 3.63) is 53.3 Å². The first-order chi connectivity index (χ1) is 15.5. The molecule has 3 rings (SSSR count). The summed E-state index contributed by atoms with van der Waals surface area (Å²) >= 11 is 0. The van der Waals surface area contributed by atoms with Gasteiger partial charge >= 0.3 is 0 Å². The van der Waals surface area contributed by atoms with Crippen molar-refractivity contribution in [2.75, 3.05) is 43.9 Å². The first kappa shape index (κ1) is 24.7. The Bertz CT molecular complexity index is 1160. The number of rotatable bonds is 7. The van der Waals surface area contributed by atoms with Crippen molar-refractivity contribution in [3.63, 3.8) is 0 Å². The lowest BCUT2D eigenvalue weighted by Gasteiger charge is -2.36. The molecule has 0 saturated carbocycles. The molecule has 1 aliphatic heterocycles. The number of carbonyl (C=O) groups excluding carboxylic acids is 2. The van der Waals surface area contributed by atoms with Crippen LogP contribution in [0.2, 0.25) is 0 Å². The highest BCUT2D eigenvalue weighted by atomic mass is 32.2. The van der Waals surface area contributed by atoms with Crippen LogP contribution in [0.25, 0.3) is 0 Å². The summed E-state index contributed by atoms with van der Waals surface area (Å²) in [6.45, 7) is 7.38. The Labute approximate surface area is 194 Å². The van der Waals surface area contributed by atoms with Gasteiger partial charge in [0.15, 0.2) is 15.6 Å². The maximum absolute atomic E-state index is 14.2. The Hall–Kier alpha value is -2.94. The van der Waals surface area contributed by atoms with Crippen LogP contribution in [0.5, 0.6) is 5.75 Å². The average Bonchev–Trinajstić information content (AvgIpc) is 2.76. The molecule has 178 valence electrons. The number of nitrogens with zero attached hydrogens (tertiary/aromatic N) is 2. The summed E-state index contributed by atoms with van der Waals surface area (Å²) in [4.78, 5) is 28.4. The number of hydrogen-bond donors (Lipinski definition) is 0. The maximum Gasteiger partial charge on any atom is 0.257 e. The van der Waals surface area contributed by atoms with E-state index in [0.29, 0.717) is 44.2 Å². The number of ether oxygens (including phenoxy) is 1. The molecule has 1 fully saturated rings. The molecule has 1 heterocycles. The Morgan fingerprint density at radius 3 is 2.24 bits per heavy atom. The third-order valence-electron chi connectivity index (χ3n) is 5.45. The van der Waals surface area contributed by atoms with E-state index in [4.69, 9.17) is 4.74 Å². The number of Topliss-reactive ketones (excluding diaryl/α,β-unsaturated/α-hetero) is 1. The van der Waals surface area contributed by atoms with Crippen molar-refractivity contribution in [1.29, 1.82) is 0 Å². The van der Waals surface area contributed by atoms with Gasteiger partial charge in [-0.2, -0.15) is 0 Å². The molecule has 7 nitrogen and oxygen atoms in total. The second kappa shape index (κ2) is 9.91. The van der Waals surface area contributed by atoms with Gasteiger partial charge in [0, 0.05) is 38.1 Å². The molecule has 0 spiro atoms. The Kier molecular flexibility index (Phi) is 7.41. The summed E-state index contributed by atoms with van der Waals surface area (Å²) in [6.07, 6.45) is 1.10. The summed E-state index contributed by atoms with van der Waals surface area (Å²) in [7, 11) is -3.49. The smallest absolute Gasteiger partial charge is 0.257 e. The number of halogens is 1. The molecule has 1 saturated heterocycles. The van der Waals surface area contributed by atoms with Crippen LogP contribution in [0.15, 0.2) is 41.3 Å². The molecule has 0 aromatic heterocycles. The van der Waals surface area contributed by atoms with Crippen molar-refractivity contribution < 1.29 is 27.1 Å². The summed E-state index contributed by atoms with van der Waals surface area (Å²) in [6, 6.07) is 8.85. The molecule has 2 aromatic rings. The fourth-order valence-corrected chi connectivity index (χ4v) is 4.26. The van der Waals surface area contributed by atoms with Crippen molar-refractivity contribution in [1.82, 2.24) is 4.90 Å². The zero-order valence-corrected chi connectivity index (χ0v) is 20.1. The van der Waals surface area contributed by atoms with E-state index in [2.05, 4.69) is 0 Å². The van der Waals surface area contributed by atoms with E-state index in [1.165, 1.54) is 37.3 Å². The fourth-order valence-electron chi connectivity index (χ4n) is 3.61. The summed E-state index contributed by atoms with van der Waals surface area (Å²) in [5.41, 5.74) is 0.903. The van der Waals surface area contributed by atoms with Gasteiger partial charge in [-0.05, 0) is 49.2 Å². The molecule has 0 unspecified atom stereocenters.